The Kier molecular flexibility index (Phi) is 24.9. The lowest BCUT2D eigenvalue weighted by Crippen LogP contribution is -2.37. The molecule has 0 spiro atoms. The molecule has 0 saturated carbocycles. The van der Waals surface area contributed by atoms with Gasteiger partial charge in [0.15, 0.2) is 0 Å². The first-order chi connectivity index (χ1) is 18.6. The van der Waals surface area contributed by atoms with Gasteiger partial charge < -0.3 is 27.9 Å². The van der Waals surface area contributed by atoms with E-state index in [1.54, 1.807) is 0 Å². The molecule has 0 fully saturated rings. The van der Waals surface area contributed by atoms with Crippen LogP contribution in [0.15, 0.2) is 0 Å². The Bertz CT molecular complexity index is 613. The average molecular weight is 580 g/mol. The van der Waals surface area contributed by atoms with Gasteiger partial charge in [0.1, 0.15) is 19.3 Å². The first-order valence-corrected chi connectivity index (χ1v) is 17.2. The fourth-order valence-electron chi connectivity index (χ4n) is 4.13. The molecule has 234 valence electrons. The second-order valence-corrected chi connectivity index (χ2v) is 13.2. The van der Waals surface area contributed by atoms with Crippen LogP contribution in [0.3, 0.4) is 0 Å². The number of rotatable bonds is 29. The maximum Gasteiger partial charge on any atom is 0.306 e. The summed E-state index contributed by atoms with van der Waals surface area (Å²) in [5, 5.41) is 0. The van der Waals surface area contributed by atoms with Crippen molar-refractivity contribution in [2.24, 2.45) is 0 Å². The Labute approximate surface area is 240 Å². The number of quaternary nitrogens is 1. The maximum absolute atomic E-state index is 12.3. The summed E-state index contributed by atoms with van der Waals surface area (Å²) < 4.78 is 34.0. The van der Waals surface area contributed by atoms with Gasteiger partial charge in [-0.25, -0.2) is 0 Å². The Morgan fingerprint density at radius 2 is 1.18 bits per heavy atom. The third-order valence-corrected chi connectivity index (χ3v) is 7.62. The van der Waals surface area contributed by atoms with Crippen LogP contribution in [-0.2, 0) is 27.9 Å². The van der Waals surface area contributed by atoms with Gasteiger partial charge in [0.05, 0.1) is 34.4 Å². The normalized spacial score (nSPS) is 14.3. The molecule has 2 unspecified atom stereocenters. The standard InChI is InChI=1S/C30H62NO7P/c1-6-8-10-12-13-14-15-16-17-18-19-20-22-25-35-27-29(38-30(32)23-21-11-9-7-2)28-37-39(33,34)36-26-24-31(3,4)5/h29H,6-28H2,1-5H3. The Morgan fingerprint density at radius 3 is 1.69 bits per heavy atom. The number of phosphoric ester groups is 1. The minimum Gasteiger partial charge on any atom is -0.756 e. The van der Waals surface area contributed by atoms with Crippen molar-refractivity contribution in [3.8, 4) is 0 Å². The molecule has 8 nitrogen and oxygen atoms in total. The largest absolute Gasteiger partial charge is 0.756 e. The smallest absolute Gasteiger partial charge is 0.306 e. The van der Waals surface area contributed by atoms with Crippen LogP contribution in [0.5, 0.6) is 0 Å². The maximum atomic E-state index is 12.3. The summed E-state index contributed by atoms with van der Waals surface area (Å²) in [5.41, 5.74) is 0. The van der Waals surface area contributed by atoms with E-state index < -0.39 is 13.9 Å². The van der Waals surface area contributed by atoms with Gasteiger partial charge in [-0.05, 0) is 12.8 Å². The molecular weight excluding hydrogens is 517 g/mol. The predicted octanol–water partition coefficient (Wildman–Crippen LogP) is 7.18. The molecule has 0 aromatic heterocycles. The van der Waals surface area contributed by atoms with Crippen LogP contribution in [0.1, 0.15) is 129 Å². The van der Waals surface area contributed by atoms with Crippen LogP contribution in [0.4, 0.5) is 0 Å². The highest BCUT2D eigenvalue weighted by molar-refractivity contribution is 7.45. The molecule has 0 aromatic carbocycles. The Morgan fingerprint density at radius 1 is 0.692 bits per heavy atom. The number of ether oxygens (including phenoxy) is 2. The summed E-state index contributed by atoms with van der Waals surface area (Å²) in [6, 6.07) is 0. The van der Waals surface area contributed by atoms with E-state index in [0.717, 1.165) is 38.5 Å². The van der Waals surface area contributed by atoms with E-state index in [-0.39, 0.29) is 25.8 Å². The molecular formula is C30H62NO7P. The third kappa shape index (κ3) is 28.8. The summed E-state index contributed by atoms with van der Waals surface area (Å²) in [6.07, 6.45) is 20.1. The number of phosphoric acid groups is 1. The van der Waals surface area contributed by atoms with Gasteiger partial charge in [-0.2, -0.15) is 0 Å². The molecule has 0 bridgehead atoms. The van der Waals surface area contributed by atoms with Crippen LogP contribution >= 0.6 is 7.82 Å². The van der Waals surface area contributed by atoms with Crippen molar-refractivity contribution in [1.82, 2.24) is 0 Å². The van der Waals surface area contributed by atoms with Crippen LogP contribution in [0.2, 0.25) is 0 Å². The monoisotopic (exact) mass is 579 g/mol. The SMILES string of the molecule is CCCCCCCCCCCCCCCOCC(COP(=O)([O-])OCC[N+](C)(C)C)OC(=O)CCCCCC. The van der Waals surface area contributed by atoms with Crippen molar-refractivity contribution >= 4 is 13.8 Å². The molecule has 2 atom stereocenters. The molecule has 0 aliphatic heterocycles. The number of unbranched alkanes of at least 4 members (excludes halogenated alkanes) is 15. The molecule has 0 radical (unpaired) electrons. The Balaban J connectivity index is 4.18. The molecule has 0 saturated heterocycles. The summed E-state index contributed by atoms with van der Waals surface area (Å²) in [5.74, 6) is -0.351. The van der Waals surface area contributed by atoms with Crippen molar-refractivity contribution in [1.29, 1.82) is 0 Å². The highest BCUT2D eigenvalue weighted by Gasteiger charge is 2.20. The third-order valence-electron chi connectivity index (χ3n) is 6.66. The zero-order chi connectivity index (χ0) is 29.2. The second kappa shape index (κ2) is 25.2. The van der Waals surface area contributed by atoms with E-state index in [0.29, 0.717) is 24.1 Å². The van der Waals surface area contributed by atoms with E-state index in [9.17, 15) is 14.3 Å². The van der Waals surface area contributed by atoms with Crippen LogP contribution in [0.25, 0.3) is 0 Å². The van der Waals surface area contributed by atoms with E-state index in [1.807, 2.05) is 21.1 Å². The van der Waals surface area contributed by atoms with Gasteiger partial charge >= 0.3 is 5.97 Å². The number of likely N-dealkylation sites (N-methyl/N-ethyl adjacent to an activating group) is 1. The highest BCUT2D eigenvalue weighted by atomic mass is 31.2. The lowest BCUT2D eigenvalue weighted by Gasteiger charge is -2.28. The molecule has 0 aliphatic carbocycles. The molecule has 9 heteroatoms. The zero-order valence-electron chi connectivity index (χ0n) is 26.1. The van der Waals surface area contributed by atoms with Crippen molar-refractivity contribution in [2.45, 2.75) is 136 Å². The molecule has 39 heavy (non-hydrogen) atoms. The number of carbonyl (C=O) groups is 1. The number of carbonyl (C=O) groups excluding carboxylic acids is 1. The summed E-state index contributed by atoms with van der Waals surface area (Å²) in [4.78, 5) is 24.4. The van der Waals surface area contributed by atoms with Crippen LogP contribution < -0.4 is 4.89 Å². The lowest BCUT2D eigenvalue weighted by molar-refractivity contribution is -0.870. The fraction of sp³-hybridized carbons (Fsp3) is 0.967. The average Bonchev–Trinajstić information content (AvgIpc) is 2.86. The molecule has 0 amide bonds. The fourth-order valence-corrected chi connectivity index (χ4v) is 4.86. The number of esters is 1. The van der Waals surface area contributed by atoms with Gasteiger partial charge in [0, 0.05) is 13.0 Å². The van der Waals surface area contributed by atoms with Crippen LogP contribution in [0, 0.1) is 0 Å². The summed E-state index contributed by atoms with van der Waals surface area (Å²) in [7, 11) is 1.36. The topological polar surface area (TPSA) is 94.1 Å². The molecule has 0 N–H and O–H groups in total. The van der Waals surface area contributed by atoms with Gasteiger partial charge in [-0.1, -0.05) is 110 Å². The van der Waals surface area contributed by atoms with Crippen molar-refractivity contribution in [3.05, 3.63) is 0 Å². The first-order valence-electron chi connectivity index (χ1n) is 15.8. The summed E-state index contributed by atoms with van der Waals surface area (Å²) >= 11 is 0. The van der Waals surface area contributed by atoms with Crippen LogP contribution in [-0.4, -0.2) is 70.7 Å². The van der Waals surface area contributed by atoms with E-state index >= 15 is 0 Å². The first kappa shape index (κ1) is 38.5. The molecule has 0 aromatic rings. The molecule has 0 rings (SSSR count). The summed E-state index contributed by atoms with van der Waals surface area (Å²) in [6.45, 7) is 5.28. The van der Waals surface area contributed by atoms with Crippen molar-refractivity contribution < 1.29 is 37.3 Å². The predicted molar refractivity (Wildman–Crippen MR) is 158 cm³/mol. The zero-order valence-corrected chi connectivity index (χ0v) is 27.0. The Hall–Kier alpha value is -0.500. The number of hydrogen-bond donors (Lipinski definition) is 0. The van der Waals surface area contributed by atoms with E-state index in [4.69, 9.17) is 18.5 Å². The minimum absolute atomic E-state index is 0.0295. The van der Waals surface area contributed by atoms with E-state index in [2.05, 4.69) is 13.8 Å². The van der Waals surface area contributed by atoms with E-state index in [1.165, 1.54) is 70.6 Å². The van der Waals surface area contributed by atoms with Gasteiger partial charge in [-0.15, -0.1) is 0 Å². The highest BCUT2D eigenvalue weighted by Crippen LogP contribution is 2.38. The van der Waals surface area contributed by atoms with Crippen molar-refractivity contribution in [2.75, 3.05) is 54.1 Å². The number of nitrogens with zero attached hydrogens (tertiary/aromatic N) is 1. The van der Waals surface area contributed by atoms with Gasteiger partial charge in [-0.3, -0.25) is 9.36 Å². The quantitative estimate of drug-likeness (QED) is 0.0401. The lowest BCUT2D eigenvalue weighted by atomic mass is 10.0. The molecule has 0 aliphatic rings. The second-order valence-electron chi connectivity index (χ2n) is 11.8. The number of hydrogen-bond acceptors (Lipinski definition) is 7. The molecule has 0 heterocycles. The van der Waals surface area contributed by atoms with Crippen molar-refractivity contribution in [3.63, 3.8) is 0 Å². The minimum atomic E-state index is -4.49. The van der Waals surface area contributed by atoms with Gasteiger partial charge in [0.25, 0.3) is 7.82 Å². The van der Waals surface area contributed by atoms with Gasteiger partial charge in [0.2, 0.25) is 0 Å².